The third-order valence-corrected chi connectivity index (χ3v) is 3.91. The van der Waals surface area contributed by atoms with E-state index in [0.29, 0.717) is 18.5 Å². The zero-order valence-corrected chi connectivity index (χ0v) is 14.4. The van der Waals surface area contributed by atoms with Crippen LogP contribution in [0.1, 0.15) is 30.5 Å². The Morgan fingerprint density at radius 2 is 1.35 bits per heavy atom. The lowest BCUT2D eigenvalue weighted by Gasteiger charge is -2.14. The summed E-state index contributed by atoms with van der Waals surface area (Å²) < 4.78 is 37.6. The number of nitrogens with one attached hydrogen (secondary N) is 2. The normalized spacial score (nSPS) is 11.1. The predicted molar refractivity (Wildman–Crippen MR) is 93.9 cm³/mol. The zero-order chi connectivity index (χ0) is 19.3. The van der Waals surface area contributed by atoms with Crippen molar-refractivity contribution >= 4 is 23.2 Å². The number of amides is 2. The predicted octanol–water partition coefficient (Wildman–Crippen LogP) is 4.41. The SMILES string of the molecule is CCc1cccc(CC)c1NC(=O)C(=O)Nc1ccc(C(F)(F)F)cc1. The fraction of sp³-hybridized carbons (Fsp3) is 0.263. The molecule has 2 aromatic rings. The van der Waals surface area contributed by atoms with Crippen LogP contribution in [-0.2, 0) is 28.6 Å². The molecule has 0 atom stereocenters. The van der Waals surface area contributed by atoms with Gasteiger partial charge in [-0.2, -0.15) is 13.2 Å². The number of benzene rings is 2. The van der Waals surface area contributed by atoms with Crippen molar-refractivity contribution in [1.82, 2.24) is 0 Å². The van der Waals surface area contributed by atoms with E-state index in [0.717, 1.165) is 35.4 Å². The molecule has 0 saturated heterocycles. The molecule has 2 amide bonds. The van der Waals surface area contributed by atoms with E-state index in [1.807, 2.05) is 32.0 Å². The molecule has 7 heteroatoms. The molecule has 0 aromatic heterocycles. The highest BCUT2D eigenvalue weighted by atomic mass is 19.4. The Hall–Kier alpha value is -2.83. The number of para-hydroxylation sites is 1. The highest BCUT2D eigenvalue weighted by molar-refractivity contribution is 6.43. The summed E-state index contributed by atoms with van der Waals surface area (Å²) in [5, 5.41) is 4.90. The molecule has 4 nitrogen and oxygen atoms in total. The molecule has 0 radical (unpaired) electrons. The Morgan fingerprint density at radius 3 is 1.81 bits per heavy atom. The Kier molecular flexibility index (Phi) is 6.02. The fourth-order valence-electron chi connectivity index (χ4n) is 2.50. The molecule has 2 rings (SSSR count). The van der Waals surface area contributed by atoms with Crippen LogP contribution in [0.3, 0.4) is 0 Å². The second-order valence-electron chi connectivity index (χ2n) is 5.64. The van der Waals surface area contributed by atoms with Crippen molar-refractivity contribution in [1.29, 1.82) is 0 Å². The number of carbonyl (C=O) groups is 2. The van der Waals surface area contributed by atoms with Gasteiger partial charge >= 0.3 is 18.0 Å². The number of aryl methyl sites for hydroxylation is 2. The fourth-order valence-corrected chi connectivity index (χ4v) is 2.50. The number of alkyl halides is 3. The molecule has 0 heterocycles. The van der Waals surface area contributed by atoms with Gasteiger partial charge in [0, 0.05) is 11.4 Å². The van der Waals surface area contributed by atoms with Gasteiger partial charge in [0.2, 0.25) is 0 Å². The molecule has 0 saturated carbocycles. The summed E-state index contributed by atoms with van der Waals surface area (Å²) in [5.74, 6) is -1.82. The first-order chi connectivity index (χ1) is 12.3. The van der Waals surface area contributed by atoms with Crippen molar-refractivity contribution in [3.8, 4) is 0 Å². The molecule has 2 aromatic carbocycles. The van der Waals surface area contributed by atoms with E-state index in [2.05, 4.69) is 10.6 Å². The average molecular weight is 364 g/mol. The molecule has 0 bridgehead atoms. The van der Waals surface area contributed by atoms with Gasteiger partial charge in [0.05, 0.1) is 5.56 Å². The van der Waals surface area contributed by atoms with Gasteiger partial charge in [-0.25, -0.2) is 0 Å². The van der Waals surface area contributed by atoms with Crippen LogP contribution < -0.4 is 10.6 Å². The summed E-state index contributed by atoms with van der Waals surface area (Å²) in [4.78, 5) is 24.2. The third-order valence-electron chi connectivity index (χ3n) is 3.91. The van der Waals surface area contributed by atoms with Crippen LogP contribution in [0.15, 0.2) is 42.5 Å². The van der Waals surface area contributed by atoms with E-state index in [4.69, 9.17) is 0 Å². The van der Waals surface area contributed by atoms with Gasteiger partial charge in [-0.05, 0) is 48.2 Å². The molecule has 26 heavy (non-hydrogen) atoms. The largest absolute Gasteiger partial charge is 0.416 e. The van der Waals surface area contributed by atoms with Crippen LogP contribution >= 0.6 is 0 Å². The number of halogens is 3. The Bertz CT molecular complexity index is 777. The van der Waals surface area contributed by atoms with E-state index in [9.17, 15) is 22.8 Å². The first-order valence-corrected chi connectivity index (χ1v) is 8.16. The van der Waals surface area contributed by atoms with Crippen molar-refractivity contribution in [3.05, 3.63) is 59.2 Å². The van der Waals surface area contributed by atoms with Crippen LogP contribution in [0, 0.1) is 0 Å². The van der Waals surface area contributed by atoms with E-state index in [1.165, 1.54) is 0 Å². The van der Waals surface area contributed by atoms with Crippen LogP contribution in [0.25, 0.3) is 0 Å². The number of rotatable bonds is 4. The Morgan fingerprint density at radius 1 is 0.846 bits per heavy atom. The van der Waals surface area contributed by atoms with Gasteiger partial charge < -0.3 is 10.6 Å². The Labute approximate surface area is 149 Å². The average Bonchev–Trinajstić information content (AvgIpc) is 2.61. The van der Waals surface area contributed by atoms with Crippen molar-refractivity contribution in [3.63, 3.8) is 0 Å². The lowest BCUT2D eigenvalue weighted by Crippen LogP contribution is -2.30. The minimum atomic E-state index is -4.46. The maximum Gasteiger partial charge on any atom is 0.416 e. The number of carbonyl (C=O) groups excluding carboxylic acids is 2. The number of anilines is 2. The first-order valence-electron chi connectivity index (χ1n) is 8.16. The lowest BCUT2D eigenvalue weighted by atomic mass is 10.0. The molecule has 138 valence electrons. The standard InChI is InChI=1S/C19H19F3N2O2/c1-3-12-6-5-7-13(4-2)16(12)24-18(26)17(25)23-15-10-8-14(9-11-15)19(20,21)22/h5-11H,3-4H2,1-2H3,(H,23,25)(H,24,26). The summed E-state index contributed by atoms with van der Waals surface area (Å²) in [6.07, 6.45) is -3.09. The van der Waals surface area contributed by atoms with Gasteiger partial charge in [0.1, 0.15) is 0 Å². The van der Waals surface area contributed by atoms with Crippen LogP contribution in [0.2, 0.25) is 0 Å². The third kappa shape index (κ3) is 4.62. The van der Waals surface area contributed by atoms with Crippen LogP contribution in [0.5, 0.6) is 0 Å². The summed E-state index contributed by atoms with van der Waals surface area (Å²) in [6.45, 7) is 3.87. The molecule has 0 spiro atoms. The second kappa shape index (κ2) is 8.03. The monoisotopic (exact) mass is 364 g/mol. The smallest absolute Gasteiger partial charge is 0.318 e. The van der Waals surface area contributed by atoms with Crippen LogP contribution in [0.4, 0.5) is 24.5 Å². The summed E-state index contributed by atoms with van der Waals surface area (Å²) in [6, 6.07) is 9.50. The molecule has 0 unspecified atom stereocenters. The zero-order valence-electron chi connectivity index (χ0n) is 14.4. The van der Waals surface area contributed by atoms with Crippen molar-refractivity contribution < 1.29 is 22.8 Å². The molecular formula is C19H19F3N2O2. The molecule has 0 aliphatic carbocycles. The molecule has 2 N–H and O–H groups in total. The minimum Gasteiger partial charge on any atom is -0.318 e. The van der Waals surface area contributed by atoms with Crippen molar-refractivity contribution in [2.75, 3.05) is 10.6 Å². The molecular weight excluding hydrogens is 345 g/mol. The summed E-state index contributed by atoms with van der Waals surface area (Å²) in [5.41, 5.74) is 1.69. The first kappa shape index (κ1) is 19.5. The molecule has 0 aliphatic rings. The van der Waals surface area contributed by atoms with E-state index >= 15 is 0 Å². The maximum atomic E-state index is 12.5. The topological polar surface area (TPSA) is 58.2 Å². The summed E-state index contributed by atoms with van der Waals surface area (Å²) in [7, 11) is 0. The van der Waals surface area contributed by atoms with Gasteiger partial charge in [-0.3, -0.25) is 9.59 Å². The highest BCUT2D eigenvalue weighted by Crippen LogP contribution is 2.29. The van der Waals surface area contributed by atoms with Crippen molar-refractivity contribution in [2.45, 2.75) is 32.9 Å². The maximum absolute atomic E-state index is 12.5. The quantitative estimate of drug-likeness (QED) is 0.790. The van der Waals surface area contributed by atoms with Crippen LogP contribution in [-0.4, -0.2) is 11.8 Å². The van der Waals surface area contributed by atoms with E-state index < -0.39 is 23.6 Å². The van der Waals surface area contributed by atoms with Gasteiger partial charge in [-0.1, -0.05) is 32.0 Å². The number of hydrogen-bond donors (Lipinski definition) is 2. The van der Waals surface area contributed by atoms with Crippen molar-refractivity contribution in [2.24, 2.45) is 0 Å². The lowest BCUT2D eigenvalue weighted by molar-refractivity contribution is -0.137. The minimum absolute atomic E-state index is 0.109. The van der Waals surface area contributed by atoms with E-state index in [1.54, 1.807) is 0 Å². The molecule has 0 aliphatic heterocycles. The number of hydrogen-bond acceptors (Lipinski definition) is 2. The Balaban J connectivity index is 2.10. The van der Waals surface area contributed by atoms with Gasteiger partial charge in [-0.15, -0.1) is 0 Å². The van der Waals surface area contributed by atoms with Gasteiger partial charge in [0.25, 0.3) is 0 Å². The van der Waals surface area contributed by atoms with E-state index in [-0.39, 0.29) is 5.69 Å². The highest BCUT2D eigenvalue weighted by Gasteiger charge is 2.30. The summed E-state index contributed by atoms with van der Waals surface area (Å²) >= 11 is 0. The molecule has 0 fully saturated rings. The van der Waals surface area contributed by atoms with Gasteiger partial charge in [0.15, 0.2) is 0 Å². The second-order valence-corrected chi connectivity index (χ2v) is 5.64.